The first-order chi connectivity index (χ1) is 8.71. The Balaban J connectivity index is 1.89. The van der Waals surface area contributed by atoms with Gasteiger partial charge in [-0.3, -0.25) is 4.90 Å². The van der Waals surface area contributed by atoms with Gasteiger partial charge in [0.25, 0.3) is 0 Å². The van der Waals surface area contributed by atoms with Gasteiger partial charge in [0.15, 0.2) is 0 Å². The van der Waals surface area contributed by atoms with Crippen LogP contribution in [0.15, 0.2) is 12.3 Å². The van der Waals surface area contributed by atoms with Crippen molar-refractivity contribution in [2.24, 2.45) is 0 Å². The van der Waals surface area contributed by atoms with Crippen LogP contribution in [0.1, 0.15) is 5.69 Å². The molecule has 0 unspecified atom stereocenters. The van der Waals surface area contributed by atoms with Crippen LogP contribution in [0, 0.1) is 0 Å². The number of likely N-dealkylation sites (tertiary alicyclic amines) is 1. The summed E-state index contributed by atoms with van der Waals surface area (Å²) < 4.78 is 10.6. The Morgan fingerprint density at radius 2 is 2.22 bits per heavy atom. The van der Waals surface area contributed by atoms with Crippen molar-refractivity contribution in [2.45, 2.75) is 12.1 Å². The molecule has 1 fully saturated rings. The van der Waals surface area contributed by atoms with Gasteiger partial charge in [0.05, 0.1) is 12.8 Å². The molecule has 0 N–H and O–H groups in total. The molecule has 1 saturated heterocycles. The second-order valence-electron chi connectivity index (χ2n) is 4.50. The van der Waals surface area contributed by atoms with Gasteiger partial charge in [0.2, 0.25) is 0 Å². The average Bonchev–Trinajstić information content (AvgIpc) is 2.36. The zero-order valence-corrected chi connectivity index (χ0v) is 11.9. The van der Waals surface area contributed by atoms with Crippen LogP contribution in [0.25, 0.3) is 0 Å². The van der Waals surface area contributed by atoms with Crippen molar-refractivity contribution in [2.75, 3.05) is 39.3 Å². The van der Waals surface area contributed by atoms with Crippen molar-refractivity contribution in [3.05, 3.63) is 18.0 Å². The summed E-state index contributed by atoms with van der Waals surface area (Å²) in [6.07, 6.45) is 3.84. The van der Waals surface area contributed by atoms with E-state index in [1.54, 1.807) is 20.4 Å². The van der Waals surface area contributed by atoms with Crippen LogP contribution in [0.5, 0.6) is 6.01 Å². The largest absolute Gasteiger partial charge is 0.467 e. The van der Waals surface area contributed by atoms with Gasteiger partial charge in [0.1, 0.15) is 5.60 Å². The molecule has 0 radical (unpaired) electrons. The Hall–Kier alpha value is -0.850. The van der Waals surface area contributed by atoms with Crippen molar-refractivity contribution in [3.63, 3.8) is 0 Å². The fourth-order valence-electron chi connectivity index (χ4n) is 2.21. The summed E-state index contributed by atoms with van der Waals surface area (Å²) in [6.45, 7) is 2.73. The summed E-state index contributed by atoms with van der Waals surface area (Å²) in [6, 6.07) is 2.35. The number of hydrogen-bond donors (Lipinski definition) is 0. The van der Waals surface area contributed by atoms with Crippen molar-refractivity contribution in [1.29, 1.82) is 0 Å². The Morgan fingerprint density at radius 1 is 1.44 bits per heavy atom. The van der Waals surface area contributed by atoms with Gasteiger partial charge in [-0.15, -0.1) is 0 Å². The zero-order valence-electron chi connectivity index (χ0n) is 11.0. The number of ether oxygens (including phenoxy) is 2. The third-order valence-electron chi connectivity index (χ3n) is 3.12. The van der Waals surface area contributed by atoms with Gasteiger partial charge in [-0.2, -0.15) is 16.7 Å². The highest BCUT2D eigenvalue weighted by molar-refractivity contribution is 7.98. The predicted molar refractivity (Wildman–Crippen MR) is 72.0 cm³/mol. The number of aromatic nitrogens is 2. The van der Waals surface area contributed by atoms with Crippen molar-refractivity contribution in [3.8, 4) is 6.01 Å². The lowest BCUT2D eigenvalue weighted by atomic mass is 9.96. The smallest absolute Gasteiger partial charge is 0.316 e. The van der Waals surface area contributed by atoms with Crippen molar-refractivity contribution < 1.29 is 9.47 Å². The first kappa shape index (κ1) is 13.6. The highest BCUT2D eigenvalue weighted by atomic mass is 32.2. The van der Waals surface area contributed by atoms with Crippen LogP contribution in [0.3, 0.4) is 0 Å². The monoisotopic (exact) mass is 269 g/mol. The van der Waals surface area contributed by atoms with Crippen LogP contribution in [0.2, 0.25) is 0 Å². The standard InChI is InChI=1S/C12H19N3O2S/c1-16-11-13-5-4-10(14-11)6-15-7-12(8-15,17-2)9-18-3/h4-5H,6-9H2,1-3H3. The maximum Gasteiger partial charge on any atom is 0.316 e. The zero-order chi connectivity index (χ0) is 13.0. The maximum atomic E-state index is 5.61. The first-order valence-electron chi connectivity index (χ1n) is 5.84. The molecule has 18 heavy (non-hydrogen) atoms. The van der Waals surface area contributed by atoms with E-state index in [-0.39, 0.29) is 5.60 Å². The SMILES string of the molecule is COc1nccc(CN2CC(CSC)(OC)C2)n1. The molecule has 5 nitrogen and oxygen atoms in total. The van der Waals surface area contributed by atoms with Crippen molar-refractivity contribution in [1.82, 2.24) is 14.9 Å². The molecule has 0 aromatic carbocycles. The number of hydrogen-bond acceptors (Lipinski definition) is 6. The molecular formula is C12H19N3O2S. The van der Waals surface area contributed by atoms with Crippen LogP contribution >= 0.6 is 11.8 Å². The average molecular weight is 269 g/mol. The highest BCUT2D eigenvalue weighted by Crippen LogP contribution is 2.28. The molecule has 2 rings (SSSR count). The van der Waals surface area contributed by atoms with E-state index in [1.807, 2.05) is 17.8 Å². The topological polar surface area (TPSA) is 47.5 Å². The summed E-state index contributed by atoms with van der Waals surface area (Å²) in [7, 11) is 3.37. The van der Waals surface area contributed by atoms with Gasteiger partial charge in [-0.1, -0.05) is 0 Å². The van der Waals surface area contributed by atoms with Gasteiger partial charge in [-0.25, -0.2) is 4.98 Å². The van der Waals surface area contributed by atoms with E-state index in [4.69, 9.17) is 9.47 Å². The Kier molecular flexibility index (Phi) is 4.42. The van der Waals surface area contributed by atoms with E-state index in [0.29, 0.717) is 6.01 Å². The lowest BCUT2D eigenvalue weighted by Crippen LogP contribution is -2.63. The van der Waals surface area contributed by atoms with Gasteiger partial charge in [0, 0.05) is 38.7 Å². The van der Waals surface area contributed by atoms with E-state index >= 15 is 0 Å². The van der Waals surface area contributed by atoms with E-state index < -0.39 is 0 Å². The molecule has 6 heteroatoms. The van der Waals surface area contributed by atoms with Crippen LogP contribution in [-0.2, 0) is 11.3 Å². The minimum atomic E-state index is 0.0243. The third kappa shape index (κ3) is 2.93. The number of methoxy groups -OCH3 is 2. The van der Waals surface area contributed by atoms with E-state index in [0.717, 1.165) is 31.1 Å². The highest BCUT2D eigenvalue weighted by Gasteiger charge is 2.42. The lowest BCUT2D eigenvalue weighted by Gasteiger charge is -2.48. The quantitative estimate of drug-likeness (QED) is 0.769. The lowest BCUT2D eigenvalue weighted by molar-refractivity contribution is -0.111. The van der Waals surface area contributed by atoms with Crippen LogP contribution < -0.4 is 4.74 Å². The Bertz CT molecular complexity index is 397. The summed E-state index contributed by atoms with van der Waals surface area (Å²) in [5.41, 5.74) is 1.01. The molecule has 100 valence electrons. The van der Waals surface area contributed by atoms with Gasteiger partial charge < -0.3 is 9.47 Å². The molecule has 0 atom stereocenters. The maximum absolute atomic E-state index is 5.61. The Morgan fingerprint density at radius 3 is 2.83 bits per heavy atom. The predicted octanol–water partition coefficient (Wildman–Crippen LogP) is 1.05. The second kappa shape index (κ2) is 5.86. The molecule has 0 amide bonds. The van der Waals surface area contributed by atoms with E-state index in [1.165, 1.54) is 0 Å². The molecule has 1 aliphatic rings. The third-order valence-corrected chi connectivity index (χ3v) is 3.94. The molecule has 2 heterocycles. The molecule has 1 aliphatic heterocycles. The van der Waals surface area contributed by atoms with Crippen molar-refractivity contribution >= 4 is 11.8 Å². The summed E-state index contributed by atoms with van der Waals surface area (Å²) in [5.74, 6) is 1.03. The second-order valence-corrected chi connectivity index (χ2v) is 5.37. The molecular weight excluding hydrogens is 250 g/mol. The molecule has 1 aromatic heterocycles. The summed E-state index contributed by atoms with van der Waals surface area (Å²) in [5, 5.41) is 0. The van der Waals surface area contributed by atoms with Crippen LogP contribution in [-0.4, -0.2) is 59.8 Å². The van der Waals surface area contributed by atoms with E-state index in [2.05, 4.69) is 21.1 Å². The Labute approximate surface area is 112 Å². The normalized spacial score (nSPS) is 18.4. The first-order valence-corrected chi connectivity index (χ1v) is 7.23. The number of rotatable bonds is 6. The fourth-order valence-corrected chi connectivity index (χ4v) is 3.04. The summed E-state index contributed by atoms with van der Waals surface area (Å²) >= 11 is 1.83. The van der Waals surface area contributed by atoms with Gasteiger partial charge >= 0.3 is 6.01 Å². The fraction of sp³-hybridized carbons (Fsp3) is 0.667. The van der Waals surface area contributed by atoms with Gasteiger partial charge in [-0.05, 0) is 12.3 Å². The number of thioether (sulfide) groups is 1. The van der Waals surface area contributed by atoms with Crippen LogP contribution in [0.4, 0.5) is 0 Å². The minimum absolute atomic E-state index is 0.0243. The molecule has 0 saturated carbocycles. The summed E-state index contributed by atoms with van der Waals surface area (Å²) in [4.78, 5) is 10.6. The number of nitrogens with zero attached hydrogens (tertiary/aromatic N) is 3. The van der Waals surface area contributed by atoms with E-state index in [9.17, 15) is 0 Å². The molecule has 1 aromatic rings. The molecule has 0 bridgehead atoms. The minimum Gasteiger partial charge on any atom is -0.467 e. The molecule has 0 aliphatic carbocycles. The molecule has 0 spiro atoms.